The lowest BCUT2D eigenvalue weighted by atomic mass is 9.86. The van der Waals surface area contributed by atoms with Crippen molar-refractivity contribution in [2.45, 2.75) is 38.7 Å². The minimum absolute atomic E-state index is 0.363. The van der Waals surface area contributed by atoms with Crippen LogP contribution in [-0.4, -0.2) is 5.97 Å². The van der Waals surface area contributed by atoms with Crippen molar-refractivity contribution < 1.29 is 9.53 Å². The number of terminal acetylenes is 1. The van der Waals surface area contributed by atoms with E-state index in [0.717, 1.165) is 24.0 Å². The third kappa shape index (κ3) is 3.48. The second-order valence-corrected chi connectivity index (χ2v) is 4.40. The first-order chi connectivity index (χ1) is 9.09. The summed E-state index contributed by atoms with van der Waals surface area (Å²) in [5.74, 6) is 2.30. The Labute approximate surface area is 115 Å². The van der Waals surface area contributed by atoms with Crippen molar-refractivity contribution in [2.75, 3.05) is 0 Å². The Kier molecular flexibility index (Phi) is 5.38. The van der Waals surface area contributed by atoms with E-state index in [1.807, 2.05) is 37.3 Å². The molecule has 1 aromatic carbocycles. The van der Waals surface area contributed by atoms with E-state index in [1.54, 1.807) is 0 Å². The smallest absolute Gasteiger partial charge is 0.304 e. The summed E-state index contributed by atoms with van der Waals surface area (Å²) in [5.41, 5.74) is 1.03. The summed E-state index contributed by atoms with van der Waals surface area (Å²) >= 11 is 0. The van der Waals surface area contributed by atoms with E-state index < -0.39 is 5.60 Å². The molecule has 0 fully saturated rings. The molecule has 0 heterocycles. The van der Waals surface area contributed by atoms with Crippen LogP contribution in [0.3, 0.4) is 0 Å². The average Bonchev–Trinajstić information content (AvgIpc) is 2.43. The highest BCUT2D eigenvalue weighted by Gasteiger charge is 2.33. The van der Waals surface area contributed by atoms with Crippen LogP contribution < -0.4 is 0 Å². The number of esters is 1. The fourth-order valence-corrected chi connectivity index (χ4v) is 2.16. The predicted octanol–water partition coefficient (Wildman–Crippen LogP) is 3.61. The maximum Gasteiger partial charge on any atom is 0.304 e. The van der Waals surface area contributed by atoms with Crippen molar-refractivity contribution in [3.8, 4) is 12.3 Å². The maximum absolute atomic E-state index is 11.3. The van der Waals surface area contributed by atoms with E-state index >= 15 is 0 Å². The summed E-state index contributed by atoms with van der Waals surface area (Å²) < 4.78 is 5.44. The first kappa shape index (κ1) is 15.0. The van der Waals surface area contributed by atoms with Gasteiger partial charge in [0, 0.05) is 18.9 Å². The molecule has 19 heavy (non-hydrogen) atoms. The van der Waals surface area contributed by atoms with Crippen LogP contribution >= 0.6 is 0 Å². The molecule has 0 N–H and O–H groups in total. The van der Waals surface area contributed by atoms with E-state index in [-0.39, 0.29) is 5.97 Å². The van der Waals surface area contributed by atoms with Crippen molar-refractivity contribution in [3.63, 3.8) is 0 Å². The third-order valence-corrected chi connectivity index (χ3v) is 3.12. The van der Waals surface area contributed by atoms with Gasteiger partial charge in [-0.3, -0.25) is 4.79 Å². The molecule has 0 spiro atoms. The second-order valence-electron chi connectivity index (χ2n) is 4.40. The molecular weight excluding hydrogens is 236 g/mol. The lowest BCUT2D eigenvalue weighted by Gasteiger charge is -2.29. The lowest BCUT2D eigenvalue weighted by Crippen LogP contribution is -2.30. The highest BCUT2D eigenvalue weighted by molar-refractivity contribution is 5.67. The molecule has 0 aromatic heterocycles. The minimum Gasteiger partial charge on any atom is -0.442 e. The molecule has 100 valence electrons. The van der Waals surface area contributed by atoms with Gasteiger partial charge in [-0.25, -0.2) is 0 Å². The molecule has 0 aliphatic heterocycles. The Morgan fingerprint density at radius 3 is 2.74 bits per heavy atom. The Hall–Kier alpha value is -2.01. The Morgan fingerprint density at radius 1 is 1.53 bits per heavy atom. The molecule has 2 heteroatoms. The van der Waals surface area contributed by atoms with E-state index in [4.69, 9.17) is 11.2 Å². The molecule has 0 saturated carbocycles. The van der Waals surface area contributed by atoms with E-state index in [0.29, 0.717) is 6.42 Å². The Bertz CT molecular complexity index is 496. The molecule has 1 unspecified atom stereocenters. The number of benzene rings is 1. The normalized spacial score (nSPS) is 13.1. The Morgan fingerprint density at radius 2 is 2.21 bits per heavy atom. The van der Waals surface area contributed by atoms with Gasteiger partial charge < -0.3 is 4.74 Å². The number of allylic oxidation sites excluding steroid dienone is 1. The number of hydrogen-bond acceptors (Lipinski definition) is 2. The zero-order valence-electron chi connectivity index (χ0n) is 11.6. The molecule has 1 atom stereocenters. The predicted molar refractivity (Wildman–Crippen MR) is 77.5 cm³/mol. The summed E-state index contributed by atoms with van der Waals surface area (Å²) in [6, 6.07) is 7.83. The molecule has 0 bridgehead atoms. The summed E-state index contributed by atoms with van der Waals surface area (Å²) in [5, 5.41) is 0. The van der Waals surface area contributed by atoms with Gasteiger partial charge in [0.05, 0.1) is 0 Å². The summed E-state index contributed by atoms with van der Waals surface area (Å²) in [6.07, 6.45) is 9.77. The van der Waals surface area contributed by atoms with Gasteiger partial charge in [0.1, 0.15) is 0 Å². The number of carbonyl (C=O) groups is 1. The van der Waals surface area contributed by atoms with Crippen LogP contribution in [0.5, 0.6) is 0 Å². The van der Waals surface area contributed by atoms with Crippen LogP contribution in [0.1, 0.15) is 37.8 Å². The highest BCUT2D eigenvalue weighted by atomic mass is 16.6. The first-order valence-electron chi connectivity index (χ1n) is 6.46. The fourth-order valence-electron chi connectivity index (χ4n) is 2.16. The molecule has 0 radical (unpaired) electrons. The number of ether oxygens (including phenoxy) is 1. The van der Waals surface area contributed by atoms with Gasteiger partial charge in [-0.2, -0.15) is 0 Å². The van der Waals surface area contributed by atoms with Crippen LogP contribution in [0.25, 0.3) is 0 Å². The quantitative estimate of drug-likeness (QED) is 0.441. The van der Waals surface area contributed by atoms with Gasteiger partial charge in [0.2, 0.25) is 0 Å². The number of aryl methyl sites for hydroxylation is 1. The molecule has 0 aliphatic carbocycles. The summed E-state index contributed by atoms with van der Waals surface area (Å²) in [7, 11) is 0. The third-order valence-electron chi connectivity index (χ3n) is 3.12. The van der Waals surface area contributed by atoms with Crippen molar-refractivity contribution >= 4 is 5.97 Å². The monoisotopic (exact) mass is 256 g/mol. The molecular formula is C17H20O2. The number of hydrogen-bond donors (Lipinski definition) is 0. The zero-order valence-corrected chi connectivity index (χ0v) is 11.6. The van der Waals surface area contributed by atoms with Crippen molar-refractivity contribution in [3.05, 3.63) is 48.0 Å². The van der Waals surface area contributed by atoms with Crippen LogP contribution in [0.15, 0.2) is 36.9 Å². The highest BCUT2D eigenvalue weighted by Crippen LogP contribution is 2.32. The summed E-state index contributed by atoms with van der Waals surface area (Å²) in [6.45, 7) is 7.04. The minimum atomic E-state index is -0.969. The zero-order chi connectivity index (χ0) is 14.3. The van der Waals surface area contributed by atoms with Crippen LogP contribution in [0.2, 0.25) is 0 Å². The second kappa shape index (κ2) is 6.80. The van der Waals surface area contributed by atoms with Crippen molar-refractivity contribution in [1.29, 1.82) is 0 Å². The van der Waals surface area contributed by atoms with E-state index in [9.17, 15) is 4.79 Å². The van der Waals surface area contributed by atoms with Gasteiger partial charge in [0.15, 0.2) is 5.60 Å². The fraction of sp³-hybridized carbons (Fsp3) is 0.353. The Balaban J connectivity index is 3.26. The molecule has 1 aromatic rings. The summed E-state index contributed by atoms with van der Waals surface area (Å²) in [4.78, 5) is 11.3. The van der Waals surface area contributed by atoms with Crippen LogP contribution in [-0.2, 0) is 21.6 Å². The van der Waals surface area contributed by atoms with Crippen LogP contribution in [0.4, 0.5) is 0 Å². The molecule has 0 amide bonds. The molecule has 2 nitrogen and oxygen atoms in total. The van der Waals surface area contributed by atoms with Gasteiger partial charge >= 0.3 is 5.97 Å². The number of rotatable bonds is 6. The molecule has 0 saturated heterocycles. The van der Waals surface area contributed by atoms with E-state index in [2.05, 4.69) is 12.5 Å². The van der Waals surface area contributed by atoms with Crippen molar-refractivity contribution in [1.82, 2.24) is 0 Å². The molecule has 1 rings (SSSR count). The average molecular weight is 256 g/mol. The standard InChI is InChI=1S/C17H20O2/c1-5-8-11-15-12-9-10-13-16(15)17(6-2,7-3)19-14(4)18/h2,5,9-10,12-13H,1,7-8,11H2,3-4H3. The maximum atomic E-state index is 11.3. The topological polar surface area (TPSA) is 26.3 Å². The number of carbonyl (C=O) groups excluding carboxylic acids is 1. The van der Waals surface area contributed by atoms with E-state index in [1.165, 1.54) is 6.92 Å². The molecule has 0 aliphatic rings. The van der Waals surface area contributed by atoms with Gasteiger partial charge in [0.25, 0.3) is 0 Å². The van der Waals surface area contributed by atoms with Crippen molar-refractivity contribution in [2.24, 2.45) is 0 Å². The van der Waals surface area contributed by atoms with Gasteiger partial charge in [-0.15, -0.1) is 13.0 Å². The van der Waals surface area contributed by atoms with Gasteiger partial charge in [-0.05, 0) is 18.4 Å². The SMILES string of the molecule is C#CC(CC)(OC(C)=O)c1ccccc1CCC=C. The van der Waals surface area contributed by atoms with Crippen LogP contribution in [0, 0.1) is 12.3 Å². The first-order valence-corrected chi connectivity index (χ1v) is 6.46. The lowest BCUT2D eigenvalue weighted by molar-refractivity contribution is -0.152. The van der Waals surface area contributed by atoms with Gasteiger partial charge in [-0.1, -0.05) is 43.2 Å². The largest absolute Gasteiger partial charge is 0.442 e.